The molecule has 0 aromatic heterocycles. The van der Waals surface area contributed by atoms with Gasteiger partial charge in [0, 0.05) is 11.3 Å². The van der Waals surface area contributed by atoms with E-state index in [2.05, 4.69) is 0 Å². The van der Waals surface area contributed by atoms with Crippen molar-refractivity contribution in [3.8, 4) is 11.5 Å². The minimum absolute atomic E-state index is 0.130. The van der Waals surface area contributed by atoms with Crippen LogP contribution >= 0.6 is 0 Å². The van der Waals surface area contributed by atoms with Crippen LogP contribution < -0.4 is 15.2 Å². The standard InChI is InChI=1S/C17H19NO3/c1-10-7-11(2)15(18)9-13(10)17(19)14-8-12(20-3)5-6-16(14)21-4/h5-9H,18H2,1-4H3. The molecule has 0 unspecified atom stereocenters. The van der Waals surface area contributed by atoms with Crippen LogP contribution in [-0.2, 0) is 0 Å². The van der Waals surface area contributed by atoms with E-state index in [0.29, 0.717) is 28.3 Å². The number of nitrogen functional groups attached to an aromatic ring is 1. The molecule has 0 fully saturated rings. The van der Waals surface area contributed by atoms with E-state index in [1.54, 1.807) is 31.4 Å². The summed E-state index contributed by atoms with van der Waals surface area (Å²) in [6.07, 6.45) is 0. The van der Waals surface area contributed by atoms with Gasteiger partial charge in [-0.15, -0.1) is 0 Å². The molecule has 0 heterocycles. The summed E-state index contributed by atoms with van der Waals surface area (Å²) in [6.45, 7) is 3.81. The third kappa shape index (κ3) is 2.84. The van der Waals surface area contributed by atoms with E-state index in [0.717, 1.165) is 11.1 Å². The number of ketones is 1. The van der Waals surface area contributed by atoms with Gasteiger partial charge in [0.25, 0.3) is 0 Å². The van der Waals surface area contributed by atoms with E-state index >= 15 is 0 Å². The van der Waals surface area contributed by atoms with Crippen LogP contribution in [-0.4, -0.2) is 20.0 Å². The Morgan fingerprint density at radius 3 is 2.29 bits per heavy atom. The van der Waals surface area contributed by atoms with E-state index in [9.17, 15) is 4.79 Å². The monoisotopic (exact) mass is 285 g/mol. The first-order valence-electron chi connectivity index (χ1n) is 6.61. The fourth-order valence-corrected chi connectivity index (χ4v) is 2.25. The molecule has 4 heteroatoms. The number of rotatable bonds is 4. The van der Waals surface area contributed by atoms with Crippen LogP contribution in [0.15, 0.2) is 30.3 Å². The molecule has 0 amide bonds. The summed E-state index contributed by atoms with van der Waals surface area (Å²) in [6, 6.07) is 8.78. The molecule has 0 saturated carbocycles. The highest BCUT2D eigenvalue weighted by Gasteiger charge is 2.18. The number of nitrogens with two attached hydrogens (primary N) is 1. The number of hydrogen-bond acceptors (Lipinski definition) is 4. The SMILES string of the molecule is COc1ccc(OC)c(C(=O)c2cc(N)c(C)cc2C)c1. The Morgan fingerprint density at radius 2 is 1.67 bits per heavy atom. The number of methoxy groups -OCH3 is 2. The van der Waals surface area contributed by atoms with Crippen molar-refractivity contribution in [2.24, 2.45) is 0 Å². The minimum atomic E-state index is -0.130. The van der Waals surface area contributed by atoms with E-state index in [1.807, 2.05) is 19.9 Å². The van der Waals surface area contributed by atoms with Crippen LogP contribution in [0.2, 0.25) is 0 Å². The first-order valence-corrected chi connectivity index (χ1v) is 6.61. The van der Waals surface area contributed by atoms with Crippen molar-refractivity contribution in [1.82, 2.24) is 0 Å². The van der Waals surface area contributed by atoms with Crippen molar-refractivity contribution < 1.29 is 14.3 Å². The quantitative estimate of drug-likeness (QED) is 0.692. The molecule has 0 radical (unpaired) electrons. The molecule has 2 rings (SSSR count). The second kappa shape index (κ2) is 5.87. The molecular formula is C17H19NO3. The van der Waals surface area contributed by atoms with Crippen LogP contribution in [0.3, 0.4) is 0 Å². The minimum Gasteiger partial charge on any atom is -0.497 e. The van der Waals surface area contributed by atoms with Gasteiger partial charge in [-0.25, -0.2) is 0 Å². The maximum Gasteiger partial charge on any atom is 0.197 e. The molecule has 21 heavy (non-hydrogen) atoms. The molecule has 0 aliphatic rings. The predicted molar refractivity (Wildman–Crippen MR) is 83.3 cm³/mol. The van der Waals surface area contributed by atoms with Crippen LogP contribution in [0.1, 0.15) is 27.0 Å². The normalized spacial score (nSPS) is 10.3. The average Bonchev–Trinajstić information content (AvgIpc) is 2.49. The number of benzene rings is 2. The van der Waals surface area contributed by atoms with Crippen molar-refractivity contribution in [3.63, 3.8) is 0 Å². The Labute approximate surface area is 124 Å². The van der Waals surface area contributed by atoms with Gasteiger partial charge < -0.3 is 15.2 Å². The summed E-state index contributed by atoms with van der Waals surface area (Å²) >= 11 is 0. The van der Waals surface area contributed by atoms with Gasteiger partial charge in [-0.2, -0.15) is 0 Å². The molecule has 2 aromatic rings. The van der Waals surface area contributed by atoms with Gasteiger partial charge in [0.05, 0.1) is 19.8 Å². The molecule has 0 aliphatic carbocycles. The fraction of sp³-hybridized carbons (Fsp3) is 0.235. The molecule has 110 valence electrons. The van der Waals surface area contributed by atoms with Crippen molar-refractivity contribution >= 4 is 11.5 Å². The Morgan fingerprint density at radius 1 is 0.952 bits per heavy atom. The molecule has 0 spiro atoms. The summed E-state index contributed by atoms with van der Waals surface area (Å²) in [7, 11) is 3.10. The van der Waals surface area contributed by atoms with E-state index in [-0.39, 0.29) is 5.78 Å². The third-order valence-electron chi connectivity index (χ3n) is 3.51. The maximum absolute atomic E-state index is 12.8. The van der Waals surface area contributed by atoms with Gasteiger partial charge in [-0.3, -0.25) is 4.79 Å². The lowest BCUT2D eigenvalue weighted by Crippen LogP contribution is -2.08. The number of anilines is 1. The lowest BCUT2D eigenvalue weighted by Gasteiger charge is -2.12. The Kier molecular flexibility index (Phi) is 4.17. The van der Waals surface area contributed by atoms with Crippen LogP contribution in [0.25, 0.3) is 0 Å². The molecule has 0 bridgehead atoms. The molecule has 0 atom stereocenters. The average molecular weight is 285 g/mol. The van der Waals surface area contributed by atoms with Gasteiger partial charge in [-0.1, -0.05) is 6.07 Å². The zero-order valence-corrected chi connectivity index (χ0v) is 12.7. The fourth-order valence-electron chi connectivity index (χ4n) is 2.25. The first-order chi connectivity index (χ1) is 9.97. The molecule has 2 aromatic carbocycles. The lowest BCUT2D eigenvalue weighted by atomic mass is 9.96. The molecule has 4 nitrogen and oxygen atoms in total. The van der Waals surface area contributed by atoms with Gasteiger partial charge in [0.1, 0.15) is 11.5 Å². The summed E-state index contributed by atoms with van der Waals surface area (Å²) in [5.74, 6) is 0.992. The second-order valence-corrected chi connectivity index (χ2v) is 4.92. The topological polar surface area (TPSA) is 61.5 Å². The number of carbonyl (C=O) groups is 1. The number of carbonyl (C=O) groups excluding carboxylic acids is 1. The highest BCUT2D eigenvalue weighted by molar-refractivity contribution is 6.12. The smallest absolute Gasteiger partial charge is 0.197 e. The highest BCUT2D eigenvalue weighted by Crippen LogP contribution is 2.28. The van der Waals surface area contributed by atoms with Gasteiger partial charge in [0.2, 0.25) is 0 Å². The number of hydrogen-bond donors (Lipinski definition) is 1. The molecular weight excluding hydrogens is 266 g/mol. The van der Waals surface area contributed by atoms with Crippen molar-refractivity contribution in [2.45, 2.75) is 13.8 Å². The van der Waals surface area contributed by atoms with E-state index < -0.39 is 0 Å². The Bertz CT molecular complexity index is 693. The lowest BCUT2D eigenvalue weighted by molar-refractivity contribution is 0.103. The summed E-state index contributed by atoms with van der Waals surface area (Å²) in [5.41, 5.74) is 9.41. The van der Waals surface area contributed by atoms with Crippen LogP contribution in [0.5, 0.6) is 11.5 Å². The van der Waals surface area contributed by atoms with Crippen LogP contribution in [0.4, 0.5) is 5.69 Å². The third-order valence-corrected chi connectivity index (χ3v) is 3.51. The van der Waals surface area contributed by atoms with Gasteiger partial charge >= 0.3 is 0 Å². The molecule has 0 saturated heterocycles. The van der Waals surface area contributed by atoms with Crippen molar-refractivity contribution in [3.05, 3.63) is 52.6 Å². The Hall–Kier alpha value is -2.49. The molecule has 2 N–H and O–H groups in total. The summed E-state index contributed by atoms with van der Waals surface area (Å²) < 4.78 is 10.5. The maximum atomic E-state index is 12.8. The van der Waals surface area contributed by atoms with E-state index in [4.69, 9.17) is 15.2 Å². The zero-order valence-electron chi connectivity index (χ0n) is 12.7. The van der Waals surface area contributed by atoms with Gasteiger partial charge in [0.15, 0.2) is 5.78 Å². The Balaban J connectivity index is 2.56. The number of aryl methyl sites for hydroxylation is 2. The second-order valence-electron chi connectivity index (χ2n) is 4.92. The first kappa shape index (κ1) is 14.9. The highest BCUT2D eigenvalue weighted by atomic mass is 16.5. The predicted octanol–water partition coefficient (Wildman–Crippen LogP) is 3.13. The van der Waals surface area contributed by atoms with Crippen molar-refractivity contribution in [2.75, 3.05) is 20.0 Å². The summed E-state index contributed by atoms with van der Waals surface area (Å²) in [4.78, 5) is 12.8. The van der Waals surface area contributed by atoms with Crippen LogP contribution in [0, 0.1) is 13.8 Å². The van der Waals surface area contributed by atoms with Crippen molar-refractivity contribution in [1.29, 1.82) is 0 Å². The number of ether oxygens (including phenoxy) is 2. The van der Waals surface area contributed by atoms with E-state index in [1.165, 1.54) is 7.11 Å². The largest absolute Gasteiger partial charge is 0.497 e. The molecule has 0 aliphatic heterocycles. The van der Waals surface area contributed by atoms with Gasteiger partial charge in [-0.05, 0) is 49.2 Å². The summed E-state index contributed by atoms with van der Waals surface area (Å²) in [5, 5.41) is 0. The zero-order chi connectivity index (χ0) is 15.6.